The van der Waals surface area contributed by atoms with Crippen LogP contribution in [0.2, 0.25) is 0 Å². The van der Waals surface area contributed by atoms with Gasteiger partial charge in [0.25, 0.3) is 0 Å². The zero-order valence-electron chi connectivity index (χ0n) is 11.5. The molecule has 0 radical (unpaired) electrons. The number of fused-ring (bicyclic) bond motifs is 3. The molecule has 3 aliphatic rings. The summed E-state index contributed by atoms with van der Waals surface area (Å²) in [7, 11) is 0. The molecule has 1 heterocycles. The van der Waals surface area contributed by atoms with Gasteiger partial charge in [-0.3, -0.25) is 0 Å². The van der Waals surface area contributed by atoms with Gasteiger partial charge in [-0.25, -0.2) is 4.79 Å². The van der Waals surface area contributed by atoms with Gasteiger partial charge in [-0.2, -0.15) is 0 Å². The monoisotopic (exact) mass is 266 g/mol. The number of aliphatic hydroxyl groups excluding tert-OH is 2. The number of aliphatic hydroxyl groups is 2. The molecule has 106 valence electrons. The highest BCUT2D eigenvalue weighted by Gasteiger charge is 2.63. The molecule has 2 N–H and O–H groups in total. The Morgan fingerprint density at radius 2 is 2.05 bits per heavy atom. The molecular formula is C15H22O4. The molecule has 4 heteroatoms. The normalized spacial score (nSPS) is 53.5. The second-order valence-corrected chi connectivity index (χ2v) is 6.73. The number of carbonyl (C=O) groups excluding carboxylic acids is 1. The number of ether oxygens (including phenoxy) is 1. The van der Waals surface area contributed by atoms with Crippen molar-refractivity contribution >= 4 is 5.97 Å². The molecular weight excluding hydrogens is 244 g/mol. The molecule has 1 aliphatic heterocycles. The van der Waals surface area contributed by atoms with Gasteiger partial charge in [-0.15, -0.1) is 0 Å². The van der Waals surface area contributed by atoms with Gasteiger partial charge in [0, 0.05) is 16.9 Å². The van der Waals surface area contributed by atoms with Crippen LogP contribution >= 0.6 is 0 Å². The molecule has 2 aliphatic carbocycles. The summed E-state index contributed by atoms with van der Waals surface area (Å²) in [4.78, 5) is 11.8. The molecule has 1 saturated heterocycles. The van der Waals surface area contributed by atoms with E-state index in [9.17, 15) is 15.0 Å². The quantitative estimate of drug-likeness (QED) is 0.512. The van der Waals surface area contributed by atoms with Gasteiger partial charge in [0.05, 0.1) is 12.2 Å². The summed E-state index contributed by atoms with van der Waals surface area (Å²) in [5, 5.41) is 20.5. The van der Waals surface area contributed by atoms with E-state index < -0.39 is 17.6 Å². The largest absolute Gasteiger partial charge is 0.458 e. The first kappa shape index (κ1) is 13.1. The lowest BCUT2D eigenvalue weighted by molar-refractivity contribution is -0.154. The maximum Gasteiger partial charge on any atom is 0.334 e. The molecule has 0 bridgehead atoms. The van der Waals surface area contributed by atoms with Crippen molar-refractivity contribution in [3.05, 3.63) is 12.2 Å². The fourth-order valence-electron chi connectivity index (χ4n) is 4.64. The average Bonchev–Trinajstić information content (AvgIpc) is 2.74. The van der Waals surface area contributed by atoms with Crippen molar-refractivity contribution in [2.24, 2.45) is 23.2 Å². The zero-order chi connectivity index (χ0) is 13.9. The fraction of sp³-hybridized carbons (Fsp3) is 0.800. The Kier molecular flexibility index (Phi) is 2.81. The van der Waals surface area contributed by atoms with Crippen molar-refractivity contribution in [1.29, 1.82) is 0 Å². The Labute approximate surface area is 113 Å². The second-order valence-electron chi connectivity index (χ2n) is 6.73. The first-order valence-electron chi connectivity index (χ1n) is 7.13. The van der Waals surface area contributed by atoms with Crippen molar-refractivity contribution in [3.8, 4) is 0 Å². The first-order chi connectivity index (χ1) is 8.87. The Morgan fingerprint density at radius 3 is 2.74 bits per heavy atom. The second kappa shape index (κ2) is 4.06. The van der Waals surface area contributed by atoms with Gasteiger partial charge >= 0.3 is 5.97 Å². The van der Waals surface area contributed by atoms with E-state index in [2.05, 4.69) is 13.5 Å². The van der Waals surface area contributed by atoms with Crippen LogP contribution in [-0.4, -0.2) is 34.5 Å². The molecule has 2 saturated carbocycles. The summed E-state index contributed by atoms with van der Waals surface area (Å²) in [6.45, 7) is 7.99. The van der Waals surface area contributed by atoms with E-state index >= 15 is 0 Å². The van der Waals surface area contributed by atoms with Crippen molar-refractivity contribution in [3.63, 3.8) is 0 Å². The topological polar surface area (TPSA) is 66.8 Å². The lowest BCUT2D eigenvalue weighted by atomic mass is 9.68. The zero-order valence-corrected chi connectivity index (χ0v) is 11.5. The molecule has 0 aromatic carbocycles. The number of hydrogen-bond donors (Lipinski definition) is 2. The number of rotatable bonds is 0. The van der Waals surface area contributed by atoms with Crippen LogP contribution in [0.4, 0.5) is 0 Å². The molecule has 7 atom stereocenters. The van der Waals surface area contributed by atoms with Gasteiger partial charge in [0.1, 0.15) is 6.10 Å². The summed E-state index contributed by atoms with van der Waals surface area (Å²) >= 11 is 0. The first-order valence-corrected chi connectivity index (χ1v) is 7.13. The third-order valence-electron chi connectivity index (χ3n) is 5.84. The van der Waals surface area contributed by atoms with Crippen LogP contribution in [0.1, 0.15) is 33.1 Å². The predicted molar refractivity (Wildman–Crippen MR) is 69.1 cm³/mol. The highest BCUT2D eigenvalue weighted by molar-refractivity contribution is 5.91. The smallest absolute Gasteiger partial charge is 0.334 e. The molecule has 0 aromatic rings. The summed E-state index contributed by atoms with van der Waals surface area (Å²) in [6, 6.07) is 0. The third-order valence-corrected chi connectivity index (χ3v) is 5.84. The summed E-state index contributed by atoms with van der Waals surface area (Å²) in [6.07, 6.45) is 0.566. The fourth-order valence-corrected chi connectivity index (χ4v) is 4.64. The van der Waals surface area contributed by atoms with Crippen molar-refractivity contribution in [1.82, 2.24) is 0 Å². The van der Waals surface area contributed by atoms with Gasteiger partial charge in [-0.1, -0.05) is 20.4 Å². The van der Waals surface area contributed by atoms with Crippen molar-refractivity contribution < 1.29 is 19.7 Å². The average molecular weight is 266 g/mol. The van der Waals surface area contributed by atoms with Gasteiger partial charge in [0.2, 0.25) is 0 Å². The summed E-state index contributed by atoms with van der Waals surface area (Å²) < 4.78 is 5.53. The van der Waals surface area contributed by atoms with Crippen LogP contribution in [0, 0.1) is 23.2 Å². The Balaban J connectivity index is 2.06. The Bertz CT molecular complexity index is 432. The van der Waals surface area contributed by atoms with E-state index in [0.29, 0.717) is 17.9 Å². The standard InChI is InChI=1S/C15H22O4/c1-7-4-5-9-8(2)14(18)19-13(9)15(3)10(7)6-11(16)12(15)17/h7,9-13,16-17H,2,4-6H2,1,3H3. The highest BCUT2D eigenvalue weighted by atomic mass is 16.6. The van der Waals surface area contributed by atoms with E-state index in [0.717, 1.165) is 12.8 Å². The van der Waals surface area contributed by atoms with Crippen molar-refractivity contribution in [2.45, 2.75) is 51.4 Å². The maximum atomic E-state index is 11.8. The lowest BCUT2D eigenvalue weighted by Crippen LogP contribution is -2.48. The number of hydrogen-bond acceptors (Lipinski definition) is 4. The van der Waals surface area contributed by atoms with Gasteiger partial charge in [0.15, 0.2) is 0 Å². The van der Waals surface area contributed by atoms with Crippen LogP contribution in [0.15, 0.2) is 12.2 Å². The van der Waals surface area contributed by atoms with Crippen LogP contribution in [0.3, 0.4) is 0 Å². The summed E-state index contributed by atoms with van der Waals surface area (Å²) in [5.74, 6) is 0.253. The minimum atomic E-state index is -0.829. The molecule has 0 aromatic heterocycles. The van der Waals surface area contributed by atoms with Crippen LogP contribution in [0.5, 0.6) is 0 Å². The SMILES string of the molecule is C=C1C(=O)OC2C1CCC(C)C1CC(O)C(O)C12C. The van der Waals surface area contributed by atoms with Crippen molar-refractivity contribution in [2.75, 3.05) is 0 Å². The molecule has 3 fully saturated rings. The molecule has 3 rings (SSSR count). The highest BCUT2D eigenvalue weighted by Crippen LogP contribution is 2.58. The van der Waals surface area contributed by atoms with Crippen LogP contribution in [-0.2, 0) is 9.53 Å². The van der Waals surface area contributed by atoms with E-state index in [1.165, 1.54) is 0 Å². The molecule has 7 unspecified atom stereocenters. The van der Waals surface area contributed by atoms with E-state index in [1.54, 1.807) is 0 Å². The van der Waals surface area contributed by atoms with E-state index in [4.69, 9.17) is 4.74 Å². The van der Waals surface area contributed by atoms with Crippen LogP contribution in [0.25, 0.3) is 0 Å². The Morgan fingerprint density at radius 1 is 1.37 bits per heavy atom. The molecule has 0 amide bonds. The summed E-state index contributed by atoms with van der Waals surface area (Å²) in [5.41, 5.74) is -0.0255. The lowest BCUT2D eigenvalue weighted by Gasteiger charge is -2.40. The molecule has 19 heavy (non-hydrogen) atoms. The minimum absolute atomic E-state index is 0.00935. The Hall–Kier alpha value is -0.870. The number of carbonyl (C=O) groups is 1. The third kappa shape index (κ3) is 1.56. The predicted octanol–water partition coefficient (Wildman–Crippen LogP) is 1.26. The van der Waals surface area contributed by atoms with E-state index in [-0.39, 0.29) is 23.9 Å². The van der Waals surface area contributed by atoms with Gasteiger partial charge in [-0.05, 0) is 31.1 Å². The number of esters is 1. The van der Waals surface area contributed by atoms with Crippen LogP contribution < -0.4 is 0 Å². The maximum absolute atomic E-state index is 11.8. The van der Waals surface area contributed by atoms with Gasteiger partial charge < -0.3 is 14.9 Å². The molecule has 4 nitrogen and oxygen atoms in total. The van der Waals surface area contributed by atoms with E-state index in [1.807, 2.05) is 6.92 Å². The minimum Gasteiger partial charge on any atom is -0.458 e. The molecule has 0 spiro atoms.